The van der Waals surface area contributed by atoms with E-state index in [1.54, 1.807) is 43.3 Å². The molecule has 2 aromatic rings. The number of carbonyl (C=O) groups excluding carboxylic acids is 1. The van der Waals surface area contributed by atoms with Crippen molar-refractivity contribution < 1.29 is 9.90 Å². The Bertz CT molecular complexity index is 636. The molecular weight excluding hydrogens is 252 g/mol. The summed E-state index contributed by atoms with van der Waals surface area (Å²) in [6.07, 6.45) is -0.564. The van der Waals surface area contributed by atoms with Crippen molar-refractivity contribution in [2.75, 3.05) is 11.1 Å². The zero-order valence-corrected chi connectivity index (χ0v) is 11.6. The molecule has 0 saturated heterocycles. The molecule has 1 amide bonds. The number of aliphatic hydroxyl groups excluding tert-OH is 1. The fraction of sp³-hybridized carbons (Fsp3) is 0.188. The van der Waals surface area contributed by atoms with Gasteiger partial charge in [-0.05, 0) is 55.3 Å². The lowest BCUT2D eigenvalue weighted by Gasteiger charge is -2.10. The third-order valence-electron chi connectivity index (χ3n) is 3.16. The minimum Gasteiger partial charge on any atom is -0.399 e. The maximum Gasteiger partial charge on any atom is 0.255 e. The molecule has 0 aromatic heterocycles. The quantitative estimate of drug-likeness (QED) is 0.751. The standard InChI is InChI=1S/C16H18N2O2/c1-10-8-13(6-7-15(10)17)16(20)18-14-5-3-4-12(9-14)11(2)19/h3-9,11,19H,17H2,1-2H3,(H,18,20)/t11-/m0/s1. The number of nitrogens with two attached hydrogens (primary N) is 1. The highest BCUT2D eigenvalue weighted by Gasteiger charge is 2.08. The molecule has 0 saturated carbocycles. The maximum atomic E-state index is 12.1. The topological polar surface area (TPSA) is 75.3 Å². The summed E-state index contributed by atoms with van der Waals surface area (Å²) in [5, 5.41) is 12.3. The van der Waals surface area contributed by atoms with Crippen molar-refractivity contribution in [2.45, 2.75) is 20.0 Å². The number of benzene rings is 2. The van der Waals surface area contributed by atoms with E-state index in [1.165, 1.54) is 0 Å². The summed E-state index contributed by atoms with van der Waals surface area (Å²) in [6.45, 7) is 3.55. The van der Waals surface area contributed by atoms with Crippen LogP contribution in [-0.4, -0.2) is 11.0 Å². The van der Waals surface area contributed by atoms with Crippen LogP contribution in [-0.2, 0) is 0 Å². The van der Waals surface area contributed by atoms with Crippen LogP contribution >= 0.6 is 0 Å². The number of nitrogen functional groups attached to an aromatic ring is 1. The molecule has 0 bridgehead atoms. The van der Waals surface area contributed by atoms with E-state index in [-0.39, 0.29) is 5.91 Å². The van der Waals surface area contributed by atoms with E-state index in [4.69, 9.17) is 5.73 Å². The van der Waals surface area contributed by atoms with E-state index in [9.17, 15) is 9.90 Å². The van der Waals surface area contributed by atoms with Gasteiger partial charge >= 0.3 is 0 Å². The normalized spacial score (nSPS) is 11.9. The second-order valence-electron chi connectivity index (χ2n) is 4.83. The van der Waals surface area contributed by atoms with Gasteiger partial charge < -0.3 is 16.2 Å². The van der Waals surface area contributed by atoms with Crippen LogP contribution < -0.4 is 11.1 Å². The highest BCUT2D eigenvalue weighted by molar-refractivity contribution is 6.04. The molecule has 0 aliphatic heterocycles. The second-order valence-corrected chi connectivity index (χ2v) is 4.83. The fourth-order valence-electron chi connectivity index (χ4n) is 1.90. The number of hydrogen-bond acceptors (Lipinski definition) is 3. The van der Waals surface area contributed by atoms with Crippen molar-refractivity contribution >= 4 is 17.3 Å². The molecule has 0 spiro atoms. The highest BCUT2D eigenvalue weighted by atomic mass is 16.3. The number of rotatable bonds is 3. The van der Waals surface area contributed by atoms with Gasteiger partial charge in [0.25, 0.3) is 5.91 Å². The SMILES string of the molecule is Cc1cc(C(=O)Nc2cccc([C@H](C)O)c2)ccc1N. The van der Waals surface area contributed by atoms with E-state index in [2.05, 4.69) is 5.32 Å². The van der Waals surface area contributed by atoms with E-state index in [1.807, 2.05) is 13.0 Å². The van der Waals surface area contributed by atoms with Crippen LogP contribution in [0.5, 0.6) is 0 Å². The molecular formula is C16H18N2O2. The van der Waals surface area contributed by atoms with Crippen molar-refractivity contribution in [3.63, 3.8) is 0 Å². The lowest BCUT2D eigenvalue weighted by atomic mass is 10.1. The molecule has 2 rings (SSSR count). The van der Waals surface area contributed by atoms with Crippen molar-refractivity contribution in [3.8, 4) is 0 Å². The Morgan fingerprint density at radius 1 is 1.25 bits per heavy atom. The summed E-state index contributed by atoms with van der Waals surface area (Å²) in [4.78, 5) is 12.1. The number of anilines is 2. The summed E-state index contributed by atoms with van der Waals surface area (Å²) in [5.41, 5.74) is 9.24. The van der Waals surface area contributed by atoms with Gasteiger partial charge in [0.05, 0.1) is 6.10 Å². The molecule has 4 nitrogen and oxygen atoms in total. The molecule has 0 fully saturated rings. The Balaban J connectivity index is 2.19. The van der Waals surface area contributed by atoms with Crippen LogP contribution in [0, 0.1) is 6.92 Å². The molecule has 0 heterocycles. The van der Waals surface area contributed by atoms with E-state index in [0.717, 1.165) is 11.1 Å². The number of aliphatic hydroxyl groups is 1. The predicted octanol–water partition coefficient (Wildman–Crippen LogP) is 2.88. The van der Waals surface area contributed by atoms with E-state index < -0.39 is 6.10 Å². The maximum absolute atomic E-state index is 12.1. The molecule has 0 aliphatic rings. The number of nitrogens with one attached hydrogen (secondary N) is 1. The Hall–Kier alpha value is -2.33. The van der Waals surface area contributed by atoms with Crippen molar-refractivity contribution in [2.24, 2.45) is 0 Å². The summed E-state index contributed by atoms with van der Waals surface area (Å²) < 4.78 is 0. The molecule has 4 heteroatoms. The fourth-order valence-corrected chi connectivity index (χ4v) is 1.90. The highest BCUT2D eigenvalue weighted by Crippen LogP contribution is 2.18. The zero-order valence-electron chi connectivity index (χ0n) is 11.6. The summed E-state index contributed by atoms with van der Waals surface area (Å²) >= 11 is 0. The van der Waals surface area contributed by atoms with Crippen molar-refractivity contribution in [1.29, 1.82) is 0 Å². The molecule has 0 unspecified atom stereocenters. The van der Waals surface area contributed by atoms with Gasteiger partial charge in [-0.3, -0.25) is 4.79 Å². The second kappa shape index (κ2) is 5.75. The molecule has 4 N–H and O–H groups in total. The molecule has 0 radical (unpaired) electrons. The van der Waals surface area contributed by atoms with Gasteiger partial charge in [-0.15, -0.1) is 0 Å². The molecule has 20 heavy (non-hydrogen) atoms. The van der Waals surface area contributed by atoms with Crippen LogP contribution in [0.15, 0.2) is 42.5 Å². The van der Waals surface area contributed by atoms with Gasteiger partial charge in [0.1, 0.15) is 0 Å². The lowest BCUT2D eigenvalue weighted by molar-refractivity contribution is 0.102. The Labute approximate surface area is 118 Å². The average molecular weight is 270 g/mol. The zero-order chi connectivity index (χ0) is 14.7. The summed E-state index contributed by atoms with van der Waals surface area (Å²) in [6, 6.07) is 12.3. The molecule has 1 atom stereocenters. The first-order valence-electron chi connectivity index (χ1n) is 6.43. The Morgan fingerprint density at radius 3 is 2.65 bits per heavy atom. The van der Waals surface area contributed by atoms with Gasteiger partial charge in [-0.25, -0.2) is 0 Å². The molecule has 0 aliphatic carbocycles. The van der Waals surface area contributed by atoms with Crippen LogP contribution in [0.3, 0.4) is 0 Å². The van der Waals surface area contributed by atoms with Crippen LogP contribution in [0.25, 0.3) is 0 Å². The molecule has 2 aromatic carbocycles. The monoisotopic (exact) mass is 270 g/mol. The van der Waals surface area contributed by atoms with E-state index >= 15 is 0 Å². The van der Waals surface area contributed by atoms with E-state index in [0.29, 0.717) is 16.9 Å². The van der Waals surface area contributed by atoms with Gasteiger partial charge in [0, 0.05) is 16.9 Å². The largest absolute Gasteiger partial charge is 0.399 e. The Morgan fingerprint density at radius 2 is 2.00 bits per heavy atom. The van der Waals surface area contributed by atoms with Gasteiger partial charge in [0.2, 0.25) is 0 Å². The summed E-state index contributed by atoms with van der Waals surface area (Å²) in [7, 11) is 0. The third-order valence-corrected chi connectivity index (χ3v) is 3.16. The summed E-state index contributed by atoms with van der Waals surface area (Å²) in [5.74, 6) is -0.198. The minimum atomic E-state index is -0.564. The van der Waals surface area contributed by atoms with Crippen LogP contribution in [0.2, 0.25) is 0 Å². The van der Waals surface area contributed by atoms with Gasteiger partial charge in [-0.1, -0.05) is 12.1 Å². The van der Waals surface area contributed by atoms with Crippen LogP contribution in [0.1, 0.15) is 34.5 Å². The van der Waals surface area contributed by atoms with Crippen molar-refractivity contribution in [3.05, 3.63) is 59.2 Å². The minimum absolute atomic E-state index is 0.198. The first-order chi connectivity index (χ1) is 9.47. The average Bonchev–Trinajstić information content (AvgIpc) is 2.42. The van der Waals surface area contributed by atoms with Gasteiger partial charge in [0.15, 0.2) is 0 Å². The van der Waals surface area contributed by atoms with Crippen molar-refractivity contribution in [1.82, 2.24) is 0 Å². The lowest BCUT2D eigenvalue weighted by Crippen LogP contribution is -2.12. The number of amides is 1. The van der Waals surface area contributed by atoms with Gasteiger partial charge in [-0.2, -0.15) is 0 Å². The third kappa shape index (κ3) is 3.16. The number of hydrogen-bond donors (Lipinski definition) is 3. The Kier molecular flexibility index (Phi) is 4.05. The smallest absolute Gasteiger partial charge is 0.255 e. The van der Waals surface area contributed by atoms with Crippen LogP contribution in [0.4, 0.5) is 11.4 Å². The first kappa shape index (κ1) is 14.1. The predicted molar refractivity (Wildman–Crippen MR) is 80.6 cm³/mol. The first-order valence-corrected chi connectivity index (χ1v) is 6.43. The number of carbonyl (C=O) groups is 1. The molecule has 104 valence electrons. The number of aryl methyl sites for hydroxylation is 1.